The van der Waals surface area contributed by atoms with Crippen molar-refractivity contribution in [3.63, 3.8) is 0 Å². The van der Waals surface area contributed by atoms with Crippen LogP contribution >= 0.6 is 0 Å². The molecule has 0 atom stereocenters. The largest absolute Gasteiger partial charge is 0.399 e. The van der Waals surface area contributed by atoms with Gasteiger partial charge in [0.1, 0.15) is 0 Å². The molecule has 2 aromatic rings. The summed E-state index contributed by atoms with van der Waals surface area (Å²) in [6.07, 6.45) is 0.913. The Balaban J connectivity index is 2.36. The molecule has 0 aliphatic rings. The molecule has 0 aromatic heterocycles. The van der Waals surface area contributed by atoms with Crippen molar-refractivity contribution in [2.24, 2.45) is 5.73 Å². The first-order chi connectivity index (χ1) is 7.79. The predicted octanol–water partition coefficient (Wildman–Crippen LogP) is 2.44. The van der Waals surface area contributed by atoms with Crippen molar-refractivity contribution < 1.29 is 0 Å². The Kier molecular flexibility index (Phi) is 3.22. The van der Waals surface area contributed by atoms with Crippen molar-refractivity contribution in [3.8, 4) is 11.1 Å². The molecule has 0 amide bonds. The van der Waals surface area contributed by atoms with Crippen molar-refractivity contribution in [3.05, 3.63) is 54.1 Å². The summed E-state index contributed by atoms with van der Waals surface area (Å²) in [4.78, 5) is 0. The Morgan fingerprint density at radius 3 is 2.25 bits per heavy atom. The molecule has 0 fully saturated rings. The van der Waals surface area contributed by atoms with Crippen LogP contribution in [-0.2, 0) is 6.42 Å². The van der Waals surface area contributed by atoms with Crippen LogP contribution in [0.2, 0.25) is 0 Å². The van der Waals surface area contributed by atoms with Crippen molar-refractivity contribution in [1.82, 2.24) is 0 Å². The molecule has 0 unspecified atom stereocenters. The van der Waals surface area contributed by atoms with E-state index in [4.69, 9.17) is 11.5 Å². The van der Waals surface area contributed by atoms with Gasteiger partial charge in [0.2, 0.25) is 0 Å². The molecule has 0 heterocycles. The van der Waals surface area contributed by atoms with Gasteiger partial charge in [-0.15, -0.1) is 0 Å². The number of nitrogen functional groups attached to an aromatic ring is 1. The normalized spacial score (nSPS) is 10.3. The second kappa shape index (κ2) is 4.81. The third kappa shape index (κ3) is 2.41. The lowest BCUT2D eigenvalue weighted by atomic mass is 10.0. The minimum Gasteiger partial charge on any atom is -0.399 e. The fraction of sp³-hybridized carbons (Fsp3) is 0.143. The molecule has 2 nitrogen and oxygen atoms in total. The smallest absolute Gasteiger partial charge is 0.0320 e. The molecule has 16 heavy (non-hydrogen) atoms. The van der Waals surface area contributed by atoms with Gasteiger partial charge in [0, 0.05) is 5.69 Å². The number of rotatable bonds is 3. The van der Waals surface area contributed by atoms with Crippen LogP contribution in [-0.4, -0.2) is 6.54 Å². The molecule has 0 spiro atoms. The summed E-state index contributed by atoms with van der Waals surface area (Å²) in [5, 5.41) is 0. The van der Waals surface area contributed by atoms with Gasteiger partial charge in [0.25, 0.3) is 0 Å². The van der Waals surface area contributed by atoms with Crippen molar-refractivity contribution in [2.45, 2.75) is 6.42 Å². The quantitative estimate of drug-likeness (QED) is 0.768. The number of benzene rings is 2. The van der Waals surface area contributed by atoms with Crippen LogP contribution in [0.15, 0.2) is 48.5 Å². The van der Waals surface area contributed by atoms with Gasteiger partial charge in [-0.2, -0.15) is 0 Å². The molecule has 82 valence electrons. The Morgan fingerprint density at radius 2 is 1.56 bits per heavy atom. The van der Waals surface area contributed by atoms with Crippen LogP contribution in [0.5, 0.6) is 0 Å². The van der Waals surface area contributed by atoms with Crippen molar-refractivity contribution in [1.29, 1.82) is 0 Å². The third-order valence-electron chi connectivity index (χ3n) is 2.58. The van der Waals surface area contributed by atoms with E-state index in [0.717, 1.165) is 17.7 Å². The van der Waals surface area contributed by atoms with E-state index in [2.05, 4.69) is 30.3 Å². The van der Waals surface area contributed by atoms with Gasteiger partial charge in [-0.05, 0) is 41.8 Å². The first-order valence-electron chi connectivity index (χ1n) is 5.44. The summed E-state index contributed by atoms with van der Waals surface area (Å²) in [5.74, 6) is 0. The molecular formula is C14H16N2. The first-order valence-corrected chi connectivity index (χ1v) is 5.44. The average molecular weight is 212 g/mol. The molecule has 0 radical (unpaired) electrons. The SMILES string of the molecule is NCCc1cccc(-c2cccc(N)c2)c1. The molecule has 0 aliphatic heterocycles. The molecule has 2 aromatic carbocycles. The average Bonchev–Trinajstić information content (AvgIpc) is 2.30. The van der Waals surface area contributed by atoms with Gasteiger partial charge in [0.15, 0.2) is 0 Å². The zero-order valence-corrected chi connectivity index (χ0v) is 9.19. The van der Waals surface area contributed by atoms with Gasteiger partial charge in [-0.25, -0.2) is 0 Å². The molecular weight excluding hydrogens is 196 g/mol. The van der Waals surface area contributed by atoms with Gasteiger partial charge in [0.05, 0.1) is 0 Å². The zero-order chi connectivity index (χ0) is 11.4. The van der Waals surface area contributed by atoms with E-state index >= 15 is 0 Å². The summed E-state index contributed by atoms with van der Waals surface area (Å²) in [5.41, 5.74) is 15.7. The highest BCUT2D eigenvalue weighted by Gasteiger charge is 1.99. The minimum atomic E-state index is 0.681. The fourth-order valence-corrected chi connectivity index (χ4v) is 1.79. The minimum absolute atomic E-state index is 0.681. The molecule has 0 aliphatic carbocycles. The van der Waals surface area contributed by atoms with Crippen molar-refractivity contribution >= 4 is 5.69 Å². The number of hydrogen-bond acceptors (Lipinski definition) is 2. The van der Waals surface area contributed by atoms with Crippen LogP contribution in [0.25, 0.3) is 11.1 Å². The second-order valence-electron chi connectivity index (χ2n) is 3.86. The molecule has 4 N–H and O–H groups in total. The maximum Gasteiger partial charge on any atom is 0.0320 e. The standard InChI is InChI=1S/C14H16N2/c15-8-7-11-3-1-4-12(9-11)13-5-2-6-14(16)10-13/h1-6,9-10H,7-8,15-16H2. The number of anilines is 1. The third-order valence-corrected chi connectivity index (χ3v) is 2.58. The van der Waals surface area contributed by atoms with Gasteiger partial charge in [-0.3, -0.25) is 0 Å². The molecule has 2 rings (SSSR count). The highest BCUT2D eigenvalue weighted by atomic mass is 14.5. The summed E-state index contributed by atoms with van der Waals surface area (Å²) in [6.45, 7) is 0.681. The molecule has 2 heteroatoms. The maximum atomic E-state index is 5.77. The van der Waals surface area contributed by atoms with Gasteiger partial charge >= 0.3 is 0 Å². The summed E-state index contributed by atoms with van der Waals surface area (Å²) < 4.78 is 0. The fourth-order valence-electron chi connectivity index (χ4n) is 1.79. The Labute approximate surface area is 95.9 Å². The lowest BCUT2D eigenvalue weighted by Crippen LogP contribution is -2.02. The predicted molar refractivity (Wildman–Crippen MR) is 69.0 cm³/mol. The highest BCUT2D eigenvalue weighted by molar-refractivity contribution is 5.67. The summed E-state index contributed by atoms with van der Waals surface area (Å²) in [6, 6.07) is 16.3. The lowest BCUT2D eigenvalue weighted by Gasteiger charge is -2.05. The highest BCUT2D eigenvalue weighted by Crippen LogP contribution is 2.22. The second-order valence-corrected chi connectivity index (χ2v) is 3.86. The Hall–Kier alpha value is -1.80. The van der Waals surface area contributed by atoms with E-state index in [0.29, 0.717) is 6.54 Å². The van der Waals surface area contributed by atoms with E-state index < -0.39 is 0 Å². The first kappa shape index (κ1) is 10.7. The Bertz CT molecular complexity index is 478. The molecule has 0 saturated carbocycles. The topological polar surface area (TPSA) is 52.0 Å². The van der Waals surface area contributed by atoms with Crippen LogP contribution in [0.3, 0.4) is 0 Å². The monoisotopic (exact) mass is 212 g/mol. The van der Waals surface area contributed by atoms with Crippen LogP contribution in [0.4, 0.5) is 5.69 Å². The van der Waals surface area contributed by atoms with Crippen molar-refractivity contribution in [2.75, 3.05) is 12.3 Å². The maximum absolute atomic E-state index is 5.77. The van der Waals surface area contributed by atoms with Crippen LogP contribution in [0, 0.1) is 0 Å². The van der Waals surface area contributed by atoms with E-state index in [9.17, 15) is 0 Å². The summed E-state index contributed by atoms with van der Waals surface area (Å²) >= 11 is 0. The molecule has 0 saturated heterocycles. The molecule has 0 bridgehead atoms. The van der Waals surface area contributed by atoms with E-state index in [1.807, 2.05) is 18.2 Å². The van der Waals surface area contributed by atoms with E-state index in [1.165, 1.54) is 11.1 Å². The number of hydrogen-bond donors (Lipinski definition) is 2. The number of nitrogens with two attached hydrogens (primary N) is 2. The van der Waals surface area contributed by atoms with Gasteiger partial charge < -0.3 is 11.5 Å². The zero-order valence-electron chi connectivity index (χ0n) is 9.19. The van der Waals surface area contributed by atoms with Crippen LogP contribution in [0.1, 0.15) is 5.56 Å². The van der Waals surface area contributed by atoms with E-state index in [1.54, 1.807) is 0 Å². The van der Waals surface area contributed by atoms with E-state index in [-0.39, 0.29) is 0 Å². The lowest BCUT2D eigenvalue weighted by molar-refractivity contribution is 0.969. The summed E-state index contributed by atoms with van der Waals surface area (Å²) in [7, 11) is 0. The van der Waals surface area contributed by atoms with Gasteiger partial charge in [-0.1, -0.05) is 36.4 Å². The Morgan fingerprint density at radius 1 is 0.875 bits per heavy atom. The van der Waals surface area contributed by atoms with Crippen LogP contribution < -0.4 is 11.5 Å².